The summed E-state index contributed by atoms with van der Waals surface area (Å²) in [6.07, 6.45) is 5.84. The lowest BCUT2D eigenvalue weighted by atomic mass is 10.2. The summed E-state index contributed by atoms with van der Waals surface area (Å²) in [5, 5.41) is 11.1. The molecule has 6 nitrogen and oxygen atoms in total. The van der Waals surface area contributed by atoms with E-state index in [2.05, 4.69) is 54.6 Å². The summed E-state index contributed by atoms with van der Waals surface area (Å²) in [6.45, 7) is 2.32. The van der Waals surface area contributed by atoms with E-state index in [0.717, 1.165) is 35.6 Å². The van der Waals surface area contributed by atoms with Crippen molar-refractivity contribution >= 4 is 28.2 Å². The second kappa shape index (κ2) is 5.05. The molecule has 0 atom stereocenters. The van der Waals surface area contributed by atoms with Crippen LogP contribution in [0.4, 0.5) is 17.2 Å². The molecule has 0 bridgehead atoms. The first-order valence-electron chi connectivity index (χ1n) is 7.16. The number of aromatic nitrogens is 4. The van der Waals surface area contributed by atoms with Crippen LogP contribution < -0.4 is 10.2 Å². The van der Waals surface area contributed by atoms with E-state index >= 15 is 0 Å². The highest BCUT2D eigenvalue weighted by Crippen LogP contribution is 2.25. The molecule has 6 heteroatoms. The van der Waals surface area contributed by atoms with Crippen molar-refractivity contribution in [1.29, 1.82) is 0 Å². The number of nitrogens with zero attached hydrogens (tertiary/aromatic N) is 4. The maximum atomic E-state index is 4.28. The largest absolute Gasteiger partial charge is 0.372 e. The lowest BCUT2D eigenvalue weighted by Crippen LogP contribution is -2.17. The Bertz CT molecular complexity index is 742. The van der Waals surface area contributed by atoms with Crippen LogP contribution in [-0.4, -0.2) is 33.3 Å². The number of rotatable bonds is 3. The molecule has 21 heavy (non-hydrogen) atoms. The summed E-state index contributed by atoms with van der Waals surface area (Å²) in [7, 11) is 0. The predicted octanol–water partition coefficient (Wildman–Crippen LogP) is 2.70. The summed E-state index contributed by atoms with van der Waals surface area (Å²) >= 11 is 0. The first kappa shape index (κ1) is 12.1. The topological polar surface area (TPSA) is 69.7 Å². The second-order valence-corrected chi connectivity index (χ2v) is 5.22. The molecule has 4 rings (SSSR count). The zero-order valence-electron chi connectivity index (χ0n) is 11.6. The molecule has 2 aromatic heterocycles. The fraction of sp³-hybridized carbons (Fsp3) is 0.267. The summed E-state index contributed by atoms with van der Waals surface area (Å²) in [5.74, 6) is 0.766. The minimum Gasteiger partial charge on any atom is -0.372 e. The molecule has 1 aliphatic rings. The minimum absolute atomic E-state index is 0.737. The molecular weight excluding hydrogens is 264 g/mol. The van der Waals surface area contributed by atoms with Crippen molar-refractivity contribution in [2.45, 2.75) is 12.8 Å². The number of hydrogen-bond acceptors (Lipinski definition) is 5. The Morgan fingerprint density at radius 1 is 1.05 bits per heavy atom. The molecule has 2 N–H and O–H groups in total. The molecule has 1 fully saturated rings. The Kier molecular flexibility index (Phi) is 2.92. The molecule has 1 saturated heterocycles. The SMILES string of the molecule is c1nc(Nc2ccc(N3CCCC3)cc2)c2cn[nH]c2n1. The quantitative estimate of drug-likeness (QED) is 0.772. The zero-order chi connectivity index (χ0) is 14.1. The summed E-state index contributed by atoms with van der Waals surface area (Å²) < 4.78 is 0. The lowest BCUT2D eigenvalue weighted by molar-refractivity contribution is 0.949. The molecule has 3 aromatic rings. The Morgan fingerprint density at radius 2 is 1.86 bits per heavy atom. The van der Waals surface area contributed by atoms with Gasteiger partial charge in [0, 0.05) is 24.5 Å². The lowest BCUT2D eigenvalue weighted by Gasteiger charge is -2.17. The van der Waals surface area contributed by atoms with Gasteiger partial charge in [-0.2, -0.15) is 5.10 Å². The number of nitrogens with one attached hydrogen (secondary N) is 2. The third-order valence-corrected chi connectivity index (χ3v) is 3.85. The number of aromatic amines is 1. The zero-order valence-corrected chi connectivity index (χ0v) is 11.6. The van der Waals surface area contributed by atoms with E-state index in [1.807, 2.05) is 0 Å². The normalized spacial score (nSPS) is 14.8. The van der Waals surface area contributed by atoms with Crippen molar-refractivity contribution in [2.24, 2.45) is 0 Å². The molecule has 0 spiro atoms. The first-order valence-corrected chi connectivity index (χ1v) is 7.16. The van der Waals surface area contributed by atoms with Crippen molar-refractivity contribution in [3.63, 3.8) is 0 Å². The van der Waals surface area contributed by atoms with Gasteiger partial charge in [-0.15, -0.1) is 0 Å². The minimum atomic E-state index is 0.737. The maximum Gasteiger partial charge on any atom is 0.160 e. The van der Waals surface area contributed by atoms with Gasteiger partial charge in [0.2, 0.25) is 0 Å². The Hall–Kier alpha value is -2.63. The summed E-state index contributed by atoms with van der Waals surface area (Å²) in [6, 6.07) is 8.48. The van der Waals surface area contributed by atoms with E-state index in [4.69, 9.17) is 0 Å². The Morgan fingerprint density at radius 3 is 2.67 bits per heavy atom. The molecule has 106 valence electrons. The van der Waals surface area contributed by atoms with Crippen molar-refractivity contribution in [3.05, 3.63) is 36.8 Å². The van der Waals surface area contributed by atoms with Crippen molar-refractivity contribution in [1.82, 2.24) is 20.2 Å². The van der Waals surface area contributed by atoms with Crippen LogP contribution in [0, 0.1) is 0 Å². The summed E-state index contributed by atoms with van der Waals surface area (Å²) in [4.78, 5) is 10.8. The highest BCUT2D eigenvalue weighted by atomic mass is 15.2. The second-order valence-electron chi connectivity index (χ2n) is 5.22. The molecule has 3 heterocycles. The third kappa shape index (κ3) is 2.29. The standard InChI is InChI=1S/C15H16N6/c1-2-8-21(7-1)12-5-3-11(4-6-12)19-14-13-9-18-20-15(13)17-10-16-14/h3-6,9-10H,1-2,7-8H2,(H2,16,17,18,19,20). The average molecular weight is 280 g/mol. The predicted molar refractivity (Wildman–Crippen MR) is 82.9 cm³/mol. The van der Waals surface area contributed by atoms with E-state index in [0.29, 0.717) is 0 Å². The number of fused-ring (bicyclic) bond motifs is 1. The van der Waals surface area contributed by atoms with Crippen molar-refractivity contribution in [2.75, 3.05) is 23.3 Å². The van der Waals surface area contributed by atoms with Gasteiger partial charge in [0.25, 0.3) is 0 Å². The van der Waals surface area contributed by atoms with Crippen LogP contribution in [0.5, 0.6) is 0 Å². The molecular formula is C15H16N6. The van der Waals surface area contributed by atoms with Crippen LogP contribution in [0.15, 0.2) is 36.8 Å². The van der Waals surface area contributed by atoms with Crippen LogP contribution in [0.2, 0.25) is 0 Å². The van der Waals surface area contributed by atoms with E-state index in [1.54, 1.807) is 6.20 Å². The van der Waals surface area contributed by atoms with Gasteiger partial charge >= 0.3 is 0 Å². The molecule has 0 unspecified atom stereocenters. The highest BCUT2D eigenvalue weighted by Gasteiger charge is 2.12. The molecule has 0 radical (unpaired) electrons. The smallest absolute Gasteiger partial charge is 0.160 e. The first-order chi connectivity index (χ1) is 10.4. The van der Waals surface area contributed by atoms with Crippen molar-refractivity contribution < 1.29 is 0 Å². The van der Waals surface area contributed by atoms with E-state index in [-0.39, 0.29) is 0 Å². The van der Waals surface area contributed by atoms with Gasteiger partial charge in [0.15, 0.2) is 5.65 Å². The third-order valence-electron chi connectivity index (χ3n) is 3.85. The van der Waals surface area contributed by atoms with Crippen LogP contribution in [-0.2, 0) is 0 Å². The molecule has 1 aromatic carbocycles. The van der Waals surface area contributed by atoms with Crippen LogP contribution in [0.25, 0.3) is 11.0 Å². The van der Waals surface area contributed by atoms with Gasteiger partial charge in [-0.05, 0) is 37.1 Å². The van der Waals surface area contributed by atoms with Gasteiger partial charge in [0.05, 0.1) is 11.6 Å². The number of H-pyrrole nitrogens is 1. The van der Waals surface area contributed by atoms with Gasteiger partial charge in [-0.3, -0.25) is 5.10 Å². The van der Waals surface area contributed by atoms with E-state index in [1.165, 1.54) is 24.9 Å². The van der Waals surface area contributed by atoms with E-state index in [9.17, 15) is 0 Å². The molecule has 0 amide bonds. The number of benzene rings is 1. The van der Waals surface area contributed by atoms with Gasteiger partial charge in [-0.25, -0.2) is 9.97 Å². The average Bonchev–Trinajstić information content (AvgIpc) is 3.20. The summed E-state index contributed by atoms with van der Waals surface area (Å²) in [5.41, 5.74) is 3.04. The number of anilines is 3. The van der Waals surface area contributed by atoms with Gasteiger partial charge in [-0.1, -0.05) is 0 Å². The fourth-order valence-electron chi connectivity index (χ4n) is 2.73. The van der Waals surface area contributed by atoms with E-state index < -0.39 is 0 Å². The van der Waals surface area contributed by atoms with Gasteiger partial charge in [0.1, 0.15) is 12.1 Å². The maximum absolute atomic E-state index is 4.28. The molecule has 1 aliphatic heterocycles. The van der Waals surface area contributed by atoms with Crippen LogP contribution >= 0.6 is 0 Å². The van der Waals surface area contributed by atoms with Crippen LogP contribution in [0.1, 0.15) is 12.8 Å². The van der Waals surface area contributed by atoms with Crippen LogP contribution in [0.3, 0.4) is 0 Å². The van der Waals surface area contributed by atoms with Gasteiger partial charge < -0.3 is 10.2 Å². The van der Waals surface area contributed by atoms with Crippen molar-refractivity contribution in [3.8, 4) is 0 Å². The molecule has 0 aliphatic carbocycles. The fourth-order valence-corrected chi connectivity index (χ4v) is 2.73. The number of hydrogen-bond donors (Lipinski definition) is 2. The molecule has 0 saturated carbocycles. The Balaban J connectivity index is 1.58. The Labute approximate surface area is 122 Å². The monoisotopic (exact) mass is 280 g/mol. The highest BCUT2D eigenvalue weighted by molar-refractivity contribution is 5.87.